The maximum absolute atomic E-state index is 13.3. The van der Waals surface area contributed by atoms with Crippen LogP contribution in [0.3, 0.4) is 0 Å². The van der Waals surface area contributed by atoms with E-state index < -0.39 is 0 Å². The number of hydrogen-bond donors (Lipinski definition) is 0. The molecule has 2 unspecified atom stereocenters. The van der Waals surface area contributed by atoms with E-state index >= 15 is 0 Å². The van der Waals surface area contributed by atoms with Crippen molar-refractivity contribution in [2.75, 3.05) is 13.1 Å². The Morgan fingerprint density at radius 2 is 1.70 bits per heavy atom. The van der Waals surface area contributed by atoms with Crippen molar-refractivity contribution in [1.82, 2.24) is 14.0 Å². The first-order valence-electron chi connectivity index (χ1n) is 11.8. The van der Waals surface area contributed by atoms with Crippen LogP contribution in [0.1, 0.15) is 24.5 Å². The lowest BCUT2D eigenvalue weighted by Crippen LogP contribution is -2.49. The van der Waals surface area contributed by atoms with E-state index in [4.69, 9.17) is 0 Å². The molecule has 0 saturated carbocycles. The van der Waals surface area contributed by atoms with Crippen molar-refractivity contribution < 1.29 is 4.79 Å². The Hall–Kier alpha value is -3.60. The van der Waals surface area contributed by atoms with E-state index in [-0.39, 0.29) is 17.4 Å². The smallest absolute Gasteiger partial charge is 0.250 e. The summed E-state index contributed by atoms with van der Waals surface area (Å²) in [6, 6.07) is 26.5. The van der Waals surface area contributed by atoms with Gasteiger partial charge in [0.05, 0.1) is 0 Å². The monoisotopic (exact) mass is 437 g/mol. The number of amides is 1. The standard InChI is InChI=1S/C28H27N3O2/c32-27(29-17-20-15-23(19-29)25-11-6-12-28(33)31(25)18-20)13-14-30-24-10-5-4-9-22(24)16-26(30)21-7-2-1-3-8-21/h1-12,16,20,23H,13-15,17-19H2. The number of likely N-dealkylation sites (tertiary alicyclic amines) is 1. The molecular weight excluding hydrogens is 410 g/mol. The summed E-state index contributed by atoms with van der Waals surface area (Å²) < 4.78 is 4.20. The number of pyridine rings is 1. The zero-order valence-corrected chi connectivity index (χ0v) is 18.6. The van der Waals surface area contributed by atoms with Gasteiger partial charge in [-0.05, 0) is 36.1 Å². The van der Waals surface area contributed by atoms with Gasteiger partial charge in [0.25, 0.3) is 5.56 Å². The van der Waals surface area contributed by atoms with Crippen molar-refractivity contribution in [3.05, 3.63) is 94.9 Å². The zero-order chi connectivity index (χ0) is 22.4. The molecule has 5 heteroatoms. The summed E-state index contributed by atoms with van der Waals surface area (Å²) in [5.74, 6) is 0.809. The molecule has 33 heavy (non-hydrogen) atoms. The molecule has 0 radical (unpaired) electrons. The van der Waals surface area contributed by atoms with Crippen molar-refractivity contribution in [2.45, 2.75) is 31.8 Å². The van der Waals surface area contributed by atoms with Crippen LogP contribution in [0.25, 0.3) is 22.2 Å². The van der Waals surface area contributed by atoms with Gasteiger partial charge < -0.3 is 14.0 Å². The minimum absolute atomic E-state index is 0.0786. The summed E-state index contributed by atoms with van der Waals surface area (Å²) >= 11 is 0. The second-order valence-electron chi connectivity index (χ2n) is 9.35. The molecule has 2 bridgehead atoms. The molecule has 2 aliphatic rings. The topological polar surface area (TPSA) is 47.2 Å². The summed E-state index contributed by atoms with van der Waals surface area (Å²) in [6.45, 7) is 2.82. The van der Waals surface area contributed by atoms with Crippen LogP contribution in [0.5, 0.6) is 0 Å². The highest BCUT2D eigenvalue weighted by Gasteiger charge is 2.36. The van der Waals surface area contributed by atoms with E-state index in [2.05, 4.69) is 59.2 Å². The molecule has 0 N–H and O–H groups in total. The van der Waals surface area contributed by atoms with Gasteiger partial charge in [0.2, 0.25) is 5.91 Å². The number of hydrogen-bond acceptors (Lipinski definition) is 2. The zero-order valence-electron chi connectivity index (χ0n) is 18.6. The molecule has 6 rings (SSSR count). The fraction of sp³-hybridized carbons (Fsp3) is 0.286. The van der Waals surface area contributed by atoms with E-state index in [1.54, 1.807) is 6.07 Å². The van der Waals surface area contributed by atoms with E-state index in [0.29, 0.717) is 25.4 Å². The van der Waals surface area contributed by atoms with Crippen molar-refractivity contribution in [1.29, 1.82) is 0 Å². The average molecular weight is 438 g/mol. The molecule has 1 saturated heterocycles. The number of carbonyl (C=O) groups excluding carboxylic acids is 1. The van der Waals surface area contributed by atoms with Crippen molar-refractivity contribution in [3.8, 4) is 11.3 Å². The molecule has 1 amide bonds. The third-order valence-electron chi connectivity index (χ3n) is 7.26. The number of fused-ring (bicyclic) bond motifs is 5. The number of piperidine rings is 1. The Kier molecular flexibility index (Phi) is 4.90. The molecule has 2 aromatic heterocycles. The number of aryl methyl sites for hydroxylation is 1. The molecule has 2 atom stereocenters. The number of rotatable bonds is 4. The maximum Gasteiger partial charge on any atom is 0.250 e. The van der Waals surface area contributed by atoms with Crippen molar-refractivity contribution in [3.63, 3.8) is 0 Å². The maximum atomic E-state index is 13.3. The first-order chi connectivity index (χ1) is 16.2. The SMILES string of the molecule is O=C(CCn1c(-c2ccccc2)cc2ccccc21)N1CC2CC(C1)c1cccc(=O)n1C2. The van der Waals surface area contributed by atoms with Crippen LogP contribution in [-0.2, 0) is 17.9 Å². The lowest BCUT2D eigenvalue weighted by atomic mass is 9.83. The minimum atomic E-state index is 0.0786. The Morgan fingerprint density at radius 3 is 2.58 bits per heavy atom. The summed E-state index contributed by atoms with van der Waals surface area (Å²) in [6.07, 6.45) is 1.53. The van der Waals surface area contributed by atoms with Crippen molar-refractivity contribution >= 4 is 16.8 Å². The van der Waals surface area contributed by atoms with Crippen LogP contribution in [0.15, 0.2) is 83.7 Å². The third-order valence-corrected chi connectivity index (χ3v) is 7.26. The van der Waals surface area contributed by atoms with Gasteiger partial charge in [-0.25, -0.2) is 0 Å². The van der Waals surface area contributed by atoms with E-state index in [1.165, 1.54) is 5.39 Å². The lowest BCUT2D eigenvalue weighted by Gasteiger charge is -2.42. The molecule has 166 valence electrons. The normalized spacial score (nSPS) is 19.5. The van der Waals surface area contributed by atoms with Gasteiger partial charge in [-0.1, -0.05) is 54.6 Å². The van der Waals surface area contributed by atoms with Gasteiger partial charge >= 0.3 is 0 Å². The predicted molar refractivity (Wildman–Crippen MR) is 130 cm³/mol. The van der Waals surface area contributed by atoms with Crippen LogP contribution >= 0.6 is 0 Å². The molecule has 5 nitrogen and oxygen atoms in total. The van der Waals surface area contributed by atoms with Gasteiger partial charge in [0.1, 0.15) is 0 Å². The van der Waals surface area contributed by atoms with Crippen LogP contribution in [0.4, 0.5) is 0 Å². The summed E-state index contributed by atoms with van der Waals surface area (Å²) in [4.78, 5) is 27.6. The van der Waals surface area contributed by atoms with Gasteiger partial charge in [0, 0.05) is 66.9 Å². The Morgan fingerprint density at radius 1 is 0.879 bits per heavy atom. The number of para-hydroxylation sites is 1. The molecule has 1 fully saturated rings. The minimum Gasteiger partial charge on any atom is -0.342 e. The predicted octanol–water partition coefficient (Wildman–Crippen LogP) is 4.51. The highest BCUT2D eigenvalue weighted by Crippen LogP contribution is 2.35. The molecule has 2 aromatic carbocycles. The Balaban J connectivity index is 1.24. The van der Waals surface area contributed by atoms with Gasteiger partial charge in [-0.3, -0.25) is 9.59 Å². The van der Waals surface area contributed by atoms with Gasteiger partial charge in [-0.2, -0.15) is 0 Å². The number of nitrogens with zero attached hydrogens (tertiary/aromatic N) is 3. The first kappa shape index (κ1) is 20.0. The fourth-order valence-corrected chi connectivity index (χ4v) is 5.77. The molecule has 4 aromatic rings. The Labute approximate surface area is 192 Å². The van der Waals surface area contributed by atoms with Crippen molar-refractivity contribution in [2.24, 2.45) is 5.92 Å². The number of aromatic nitrogens is 2. The van der Waals surface area contributed by atoms with Crippen LogP contribution in [0, 0.1) is 5.92 Å². The van der Waals surface area contributed by atoms with Gasteiger partial charge in [-0.15, -0.1) is 0 Å². The lowest BCUT2D eigenvalue weighted by molar-refractivity contribution is -0.134. The molecular formula is C28H27N3O2. The van der Waals surface area contributed by atoms with E-state index in [1.807, 2.05) is 27.7 Å². The average Bonchev–Trinajstić information content (AvgIpc) is 3.22. The molecule has 0 aliphatic carbocycles. The largest absolute Gasteiger partial charge is 0.342 e. The Bertz CT molecular complexity index is 1390. The van der Waals surface area contributed by atoms with Gasteiger partial charge in [0.15, 0.2) is 0 Å². The molecule has 0 spiro atoms. The quantitative estimate of drug-likeness (QED) is 0.472. The third kappa shape index (κ3) is 3.58. The highest BCUT2D eigenvalue weighted by atomic mass is 16.2. The second-order valence-corrected chi connectivity index (χ2v) is 9.35. The van der Waals surface area contributed by atoms with E-state index in [9.17, 15) is 9.59 Å². The fourth-order valence-electron chi connectivity index (χ4n) is 5.77. The molecule has 2 aliphatic heterocycles. The van der Waals surface area contributed by atoms with E-state index in [0.717, 1.165) is 42.0 Å². The number of benzene rings is 2. The summed E-state index contributed by atoms with van der Waals surface area (Å²) in [5.41, 5.74) is 4.63. The summed E-state index contributed by atoms with van der Waals surface area (Å²) in [5, 5.41) is 1.19. The second kappa shape index (κ2) is 8.07. The highest BCUT2D eigenvalue weighted by molar-refractivity contribution is 5.87. The molecule has 4 heterocycles. The van der Waals surface area contributed by atoms with Crippen LogP contribution in [0.2, 0.25) is 0 Å². The number of carbonyl (C=O) groups is 1. The van der Waals surface area contributed by atoms with Crippen LogP contribution in [-0.4, -0.2) is 33.0 Å². The first-order valence-corrected chi connectivity index (χ1v) is 11.8. The van der Waals surface area contributed by atoms with Crippen LogP contribution < -0.4 is 5.56 Å². The summed E-state index contributed by atoms with van der Waals surface area (Å²) in [7, 11) is 0.